The van der Waals surface area contributed by atoms with Gasteiger partial charge >= 0.3 is 0 Å². The number of nitrogens with one attached hydrogen (secondary N) is 1. The highest BCUT2D eigenvalue weighted by Crippen LogP contribution is 2.28. The van der Waals surface area contributed by atoms with Crippen LogP contribution in [0.15, 0.2) is 48.5 Å². The molecule has 1 aromatic heterocycles. The third-order valence-electron chi connectivity index (χ3n) is 4.59. The van der Waals surface area contributed by atoms with Crippen molar-refractivity contribution in [2.75, 3.05) is 13.7 Å². The number of carbonyl (C=O) groups excluding carboxylic acids is 1. The van der Waals surface area contributed by atoms with Crippen LogP contribution >= 0.6 is 0 Å². The highest BCUT2D eigenvalue weighted by atomic mass is 16.5. The van der Waals surface area contributed by atoms with Crippen LogP contribution in [0.4, 0.5) is 0 Å². The topological polar surface area (TPSA) is 65.4 Å². The molecule has 6 heteroatoms. The number of rotatable bonds is 7. The Kier molecular flexibility index (Phi) is 5.99. The predicted octanol–water partition coefficient (Wildman–Crippen LogP) is 3.83. The molecule has 0 aliphatic carbocycles. The zero-order valence-corrected chi connectivity index (χ0v) is 16.7. The summed E-state index contributed by atoms with van der Waals surface area (Å²) in [5, 5.41) is 7.60. The van der Waals surface area contributed by atoms with Crippen molar-refractivity contribution in [1.29, 1.82) is 0 Å². The number of carbonyl (C=O) groups is 1. The van der Waals surface area contributed by atoms with E-state index in [4.69, 9.17) is 9.47 Å². The zero-order chi connectivity index (χ0) is 20.1. The maximum atomic E-state index is 12.6. The van der Waals surface area contributed by atoms with E-state index in [1.165, 1.54) is 0 Å². The molecule has 146 valence electrons. The van der Waals surface area contributed by atoms with Crippen molar-refractivity contribution < 1.29 is 14.3 Å². The van der Waals surface area contributed by atoms with E-state index in [2.05, 4.69) is 10.4 Å². The Morgan fingerprint density at radius 3 is 2.54 bits per heavy atom. The molecule has 1 amide bonds. The van der Waals surface area contributed by atoms with E-state index in [1.807, 2.05) is 55.8 Å². The van der Waals surface area contributed by atoms with Crippen molar-refractivity contribution >= 4 is 5.91 Å². The Morgan fingerprint density at radius 2 is 1.86 bits per heavy atom. The van der Waals surface area contributed by atoms with Crippen molar-refractivity contribution in [1.82, 2.24) is 15.1 Å². The summed E-state index contributed by atoms with van der Waals surface area (Å²) in [7, 11) is 1.56. The zero-order valence-electron chi connectivity index (χ0n) is 16.7. The third-order valence-corrected chi connectivity index (χ3v) is 4.59. The SMILES string of the molecule is CCOc1ccc(C(=O)NCc2c(C)nn(-c3ccccc3)c2C)cc1OC. The maximum absolute atomic E-state index is 12.6. The molecule has 3 rings (SSSR count). The average molecular weight is 379 g/mol. The van der Waals surface area contributed by atoms with Crippen molar-refractivity contribution in [2.45, 2.75) is 27.3 Å². The Balaban J connectivity index is 1.76. The molecule has 0 saturated heterocycles. The second-order valence-corrected chi connectivity index (χ2v) is 6.38. The van der Waals surface area contributed by atoms with Gasteiger partial charge in [0.15, 0.2) is 11.5 Å². The second-order valence-electron chi connectivity index (χ2n) is 6.38. The van der Waals surface area contributed by atoms with Gasteiger partial charge in [0.25, 0.3) is 5.91 Å². The molecule has 0 fully saturated rings. The van der Waals surface area contributed by atoms with Gasteiger partial charge in [0.05, 0.1) is 25.1 Å². The summed E-state index contributed by atoms with van der Waals surface area (Å²) in [6, 6.07) is 15.1. The largest absolute Gasteiger partial charge is 0.493 e. The number of aromatic nitrogens is 2. The van der Waals surface area contributed by atoms with E-state index in [1.54, 1.807) is 25.3 Å². The Morgan fingerprint density at radius 1 is 1.11 bits per heavy atom. The molecule has 0 aliphatic heterocycles. The third kappa shape index (κ3) is 4.01. The van der Waals surface area contributed by atoms with Gasteiger partial charge in [-0.15, -0.1) is 0 Å². The lowest BCUT2D eigenvalue weighted by molar-refractivity contribution is 0.0950. The van der Waals surface area contributed by atoms with E-state index in [-0.39, 0.29) is 5.91 Å². The minimum absolute atomic E-state index is 0.174. The normalized spacial score (nSPS) is 10.6. The van der Waals surface area contributed by atoms with Crippen molar-refractivity contribution in [3.8, 4) is 17.2 Å². The molecule has 0 bridgehead atoms. The molecule has 2 aromatic carbocycles. The van der Waals surface area contributed by atoms with Crippen molar-refractivity contribution in [3.05, 3.63) is 71.0 Å². The summed E-state index contributed by atoms with van der Waals surface area (Å²) in [4.78, 5) is 12.6. The number of ether oxygens (including phenoxy) is 2. The smallest absolute Gasteiger partial charge is 0.251 e. The number of methoxy groups -OCH3 is 1. The van der Waals surface area contributed by atoms with Gasteiger partial charge in [0, 0.05) is 23.4 Å². The fourth-order valence-corrected chi connectivity index (χ4v) is 3.11. The van der Waals surface area contributed by atoms with Gasteiger partial charge in [0.2, 0.25) is 0 Å². The fourth-order valence-electron chi connectivity index (χ4n) is 3.11. The molecule has 0 unspecified atom stereocenters. The van der Waals surface area contributed by atoms with Gasteiger partial charge in [-0.2, -0.15) is 5.10 Å². The number of nitrogens with zero attached hydrogens (tertiary/aromatic N) is 2. The molecule has 0 radical (unpaired) electrons. The first-order chi connectivity index (χ1) is 13.5. The molecule has 1 N–H and O–H groups in total. The quantitative estimate of drug-likeness (QED) is 0.678. The first kappa shape index (κ1) is 19.5. The van der Waals surface area contributed by atoms with Gasteiger partial charge in [-0.1, -0.05) is 18.2 Å². The predicted molar refractivity (Wildman–Crippen MR) is 108 cm³/mol. The first-order valence-electron chi connectivity index (χ1n) is 9.24. The maximum Gasteiger partial charge on any atom is 0.251 e. The number of para-hydroxylation sites is 1. The van der Waals surface area contributed by atoms with Crippen LogP contribution in [-0.2, 0) is 6.54 Å². The molecule has 6 nitrogen and oxygen atoms in total. The molecular formula is C22H25N3O3. The second kappa shape index (κ2) is 8.61. The molecule has 0 spiro atoms. The summed E-state index contributed by atoms with van der Waals surface area (Å²) >= 11 is 0. The van der Waals surface area contributed by atoms with Crippen LogP contribution in [0.2, 0.25) is 0 Å². The van der Waals surface area contributed by atoms with Crippen LogP contribution in [0.25, 0.3) is 5.69 Å². The standard InChI is InChI=1S/C22H25N3O3/c1-5-28-20-12-11-17(13-21(20)27-4)22(26)23-14-19-15(2)24-25(16(19)3)18-9-7-6-8-10-18/h6-13H,5,14H2,1-4H3,(H,23,26). The molecule has 3 aromatic rings. The van der Waals surface area contributed by atoms with Gasteiger partial charge in [-0.05, 0) is 51.1 Å². The summed E-state index contributed by atoms with van der Waals surface area (Å²) in [5.74, 6) is 0.990. The van der Waals surface area contributed by atoms with Crippen molar-refractivity contribution in [3.63, 3.8) is 0 Å². The number of hydrogen-bond donors (Lipinski definition) is 1. The molecule has 1 heterocycles. The molecule has 0 atom stereocenters. The summed E-state index contributed by atoms with van der Waals surface area (Å²) in [6.07, 6.45) is 0. The molecular weight excluding hydrogens is 354 g/mol. The summed E-state index contributed by atoms with van der Waals surface area (Å²) in [6.45, 7) is 6.80. The molecule has 28 heavy (non-hydrogen) atoms. The number of amides is 1. The number of aryl methyl sites for hydroxylation is 1. The van der Waals surface area contributed by atoms with E-state index >= 15 is 0 Å². The lowest BCUT2D eigenvalue weighted by Gasteiger charge is -2.11. The lowest BCUT2D eigenvalue weighted by Crippen LogP contribution is -2.23. The van der Waals surface area contributed by atoms with E-state index < -0.39 is 0 Å². The van der Waals surface area contributed by atoms with Crippen LogP contribution in [-0.4, -0.2) is 29.4 Å². The Hall–Kier alpha value is -3.28. The van der Waals surface area contributed by atoms with E-state index in [0.717, 1.165) is 22.6 Å². The first-order valence-corrected chi connectivity index (χ1v) is 9.24. The minimum atomic E-state index is -0.174. The van der Waals surface area contributed by atoms with Gasteiger partial charge < -0.3 is 14.8 Å². The van der Waals surface area contributed by atoms with Gasteiger partial charge in [0.1, 0.15) is 0 Å². The van der Waals surface area contributed by atoms with E-state index in [0.29, 0.717) is 30.2 Å². The summed E-state index contributed by atoms with van der Waals surface area (Å²) in [5.41, 5.74) is 4.43. The number of hydrogen-bond acceptors (Lipinski definition) is 4. The summed E-state index contributed by atoms with van der Waals surface area (Å²) < 4.78 is 12.7. The van der Waals surface area contributed by atoms with Crippen LogP contribution in [0.3, 0.4) is 0 Å². The minimum Gasteiger partial charge on any atom is -0.493 e. The highest BCUT2D eigenvalue weighted by Gasteiger charge is 2.15. The number of benzene rings is 2. The monoisotopic (exact) mass is 379 g/mol. The molecule has 0 aliphatic rings. The van der Waals surface area contributed by atoms with E-state index in [9.17, 15) is 4.79 Å². The molecule has 0 saturated carbocycles. The van der Waals surface area contributed by atoms with Crippen LogP contribution in [0.5, 0.6) is 11.5 Å². The Bertz CT molecular complexity index is 965. The van der Waals surface area contributed by atoms with Gasteiger partial charge in [-0.25, -0.2) is 4.68 Å². The fraction of sp³-hybridized carbons (Fsp3) is 0.273. The Labute approximate surface area is 165 Å². The van der Waals surface area contributed by atoms with Crippen LogP contribution < -0.4 is 14.8 Å². The van der Waals surface area contributed by atoms with Crippen LogP contribution in [0, 0.1) is 13.8 Å². The average Bonchev–Trinajstić information content (AvgIpc) is 3.01. The lowest BCUT2D eigenvalue weighted by atomic mass is 10.1. The van der Waals surface area contributed by atoms with Crippen molar-refractivity contribution in [2.24, 2.45) is 0 Å². The van der Waals surface area contributed by atoms with Crippen LogP contribution in [0.1, 0.15) is 34.2 Å². The van der Waals surface area contributed by atoms with Gasteiger partial charge in [-0.3, -0.25) is 4.79 Å². The highest BCUT2D eigenvalue weighted by molar-refractivity contribution is 5.94.